The van der Waals surface area contributed by atoms with Gasteiger partial charge in [0.1, 0.15) is 0 Å². The number of benzene rings is 2. The van der Waals surface area contributed by atoms with Crippen molar-refractivity contribution in [2.24, 2.45) is 0 Å². The summed E-state index contributed by atoms with van der Waals surface area (Å²) in [5.74, 6) is -1.75. The van der Waals surface area contributed by atoms with E-state index in [0.29, 0.717) is 35.6 Å². The maximum Gasteiger partial charge on any atom is 0.335 e. The van der Waals surface area contributed by atoms with E-state index in [9.17, 15) is 19.5 Å². The molecule has 3 N–H and O–H groups in total. The fourth-order valence-corrected chi connectivity index (χ4v) is 3.94. The number of carboxylic acids is 1. The summed E-state index contributed by atoms with van der Waals surface area (Å²) in [7, 11) is 8.00. The second kappa shape index (κ2) is 10.6. The first-order chi connectivity index (χ1) is 15.7. The van der Waals surface area contributed by atoms with E-state index in [4.69, 9.17) is 0 Å². The zero-order chi connectivity index (χ0) is 24.1. The molecule has 176 valence electrons. The van der Waals surface area contributed by atoms with Gasteiger partial charge in [0.2, 0.25) is 0 Å². The zero-order valence-corrected chi connectivity index (χ0v) is 19.7. The SMILES string of the molecule is CN(C)CCCNc1ccc(NCCCN(C)C)c2c1C(=O)c1ccc(C(=O)O)cc1C2=O. The average molecular weight is 453 g/mol. The fourth-order valence-electron chi connectivity index (χ4n) is 3.94. The number of carboxylic acid groups (broad SMARTS) is 1. The Labute approximate surface area is 194 Å². The Balaban J connectivity index is 1.99. The molecule has 0 spiro atoms. The number of rotatable bonds is 11. The van der Waals surface area contributed by atoms with Crippen LogP contribution in [0.1, 0.15) is 55.0 Å². The maximum absolute atomic E-state index is 13.5. The lowest BCUT2D eigenvalue weighted by Gasteiger charge is -2.24. The van der Waals surface area contributed by atoms with Crippen LogP contribution in [0.4, 0.5) is 11.4 Å². The highest BCUT2D eigenvalue weighted by molar-refractivity contribution is 6.32. The van der Waals surface area contributed by atoms with Crippen LogP contribution in [-0.4, -0.2) is 86.8 Å². The largest absolute Gasteiger partial charge is 0.478 e. The quantitative estimate of drug-likeness (QED) is 0.382. The van der Waals surface area contributed by atoms with Crippen molar-refractivity contribution in [2.75, 3.05) is 65.0 Å². The molecule has 8 nitrogen and oxygen atoms in total. The van der Waals surface area contributed by atoms with Crippen LogP contribution in [0.15, 0.2) is 30.3 Å². The minimum atomic E-state index is -1.14. The molecule has 0 aromatic heterocycles. The molecule has 0 fully saturated rings. The molecule has 0 heterocycles. The minimum absolute atomic E-state index is 0.0168. The molecule has 0 saturated carbocycles. The number of fused-ring (bicyclic) bond motifs is 2. The van der Waals surface area contributed by atoms with Crippen molar-refractivity contribution in [3.8, 4) is 0 Å². The smallest absolute Gasteiger partial charge is 0.335 e. The molecule has 1 aliphatic rings. The van der Waals surface area contributed by atoms with Crippen LogP contribution in [0.2, 0.25) is 0 Å². The molecule has 8 heteroatoms. The van der Waals surface area contributed by atoms with Crippen molar-refractivity contribution < 1.29 is 19.5 Å². The molecule has 2 aromatic carbocycles. The second-order valence-electron chi connectivity index (χ2n) is 8.80. The van der Waals surface area contributed by atoms with Gasteiger partial charge in [0, 0.05) is 35.6 Å². The summed E-state index contributed by atoms with van der Waals surface area (Å²) >= 11 is 0. The van der Waals surface area contributed by atoms with Gasteiger partial charge >= 0.3 is 5.97 Å². The number of anilines is 2. The number of hydrogen-bond donors (Lipinski definition) is 3. The highest BCUT2D eigenvalue weighted by Crippen LogP contribution is 2.37. The summed E-state index contributed by atoms with van der Waals surface area (Å²) in [6.07, 6.45) is 1.75. The molecule has 0 amide bonds. The monoisotopic (exact) mass is 452 g/mol. The summed E-state index contributed by atoms with van der Waals surface area (Å²) in [4.78, 5) is 42.6. The molecule has 2 aromatic rings. The van der Waals surface area contributed by atoms with Gasteiger partial charge in [-0.3, -0.25) is 9.59 Å². The average Bonchev–Trinajstić information content (AvgIpc) is 2.77. The van der Waals surface area contributed by atoms with Gasteiger partial charge in [0.05, 0.1) is 16.7 Å². The molecule has 0 atom stereocenters. The van der Waals surface area contributed by atoms with E-state index < -0.39 is 5.97 Å². The van der Waals surface area contributed by atoms with Crippen molar-refractivity contribution in [2.45, 2.75) is 12.8 Å². The molecule has 3 rings (SSSR count). The van der Waals surface area contributed by atoms with Gasteiger partial charge in [0.15, 0.2) is 11.6 Å². The lowest BCUT2D eigenvalue weighted by atomic mass is 9.81. The van der Waals surface area contributed by atoms with Crippen LogP contribution in [0.3, 0.4) is 0 Å². The summed E-state index contributed by atoms with van der Waals surface area (Å²) < 4.78 is 0. The van der Waals surface area contributed by atoms with E-state index in [0.717, 1.165) is 25.9 Å². The summed E-state index contributed by atoms with van der Waals surface area (Å²) in [6.45, 7) is 3.09. The summed E-state index contributed by atoms with van der Waals surface area (Å²) in [6, 6.07) is 7.76. The molecule has 0 aliphatic heterocycles. The second-order valence-corrected chi connectivity index (χ2v) is 8.80. The van der Waals surface area contributed by atoms with Gasteiger partial charge in [-0.05, 0) is 84.5 Å². The van der Waals surface area contributed by atoms with E-state index >= 15 is 0 Å². The number of ketones is 2. The lowest BCUT2D eigenvalue weighted by Crippen LogP contribution is -2.26. The molecule has 0 saturated heterocycles. The molecule has 33 heavy (non-hydrogen) atoms. The van der Waals surface area contributed by atoms with Crippen LogP contribution in [0, 0.1) is 0 Å². The number of aromatic carboxylic acids is 1. The standard InChI is InChI=1S/C25H32N4O4/c1-28(2)13-5-11-26-19-9-10-20(27-12-6-14-29(3)4)22-21(19)23(30)17-8-7-16(25(32)33)15-18(17)24(22)31/h7-10,15,26-27H,5-6,11-14H2,1-4H3,(H,32,33). The van der Waals surface area contributed by atoms with Crippen LogP contribution in [0.25, 0.3) is 0 Å². The molecule has 1 aliphatic carbocycles. The Morgan fingerprint density at radius 1 is 0.788 bits per heavy atom. The highest BCUT2D eigenvalue weighted by Gasteiger charge is 2.34. The van der Waals surface area contributed by atoms with Crippen LogP contribution >= 0.6 is 0 Å². The van der Waals surface area contributed by atoms with Crippen molar-refractivity contribution in [3.63, 3.8) is 0 Å². The molecule has 0 unspecified atom stereocenters. The Morgan fingerprint density at radius 3 is 1.73 bits per heavy atom. The third-order valence-electron chi connectivity index (χ3n) is 5.61. The van der Waals surface area contributed by atoms with Gasteiger partial charge in [-0.1, -0.05) is 0 Å². The van der Waals surface area contributed by atoms with Gasteiger partial charge in [0.25, 0.3) is 0 Å². The Hall–Kier alpha value is -3.23. The Morgan fingerprint density at radius 2 is 1.27 bits per heavy atom. The molecular formula is C25H32N4O4. The van der Waals surface area contributed by atoms with Gasteiger partial charge < -0.3 is 25.5 Å². The predicted octanol–water partition coefficient (Wildman–Crippen LogP) is 2.89. The van der Waals surface area contributed by atoms with Gasteiger partial charge in [-0.2, -0.15) is 0 Å². The third-order valence-corrected chi connectivity index (χ3v) is 5.61. The highest BCUT2D eigenvalue weighted by atomic mass is 16.4. The molecule has 0 radical (unpaired) electrons. The summed E-state index contributed by atoms with van der Waals surface area (Å²) in [5.41, 5.74) is 2.21. The first kappa shape index (κ1) is 24.4. The van der Waals surface area contributed by atoms with Crippen LogP contribution in [0.5, 0.6) is 0 Å². The van der Waals surface area contributed by atoms with Crippen LogP contribution in [-0.2, 0) is 0 Å². The minimum Gasteiger partial charge on any atom is -0.478 e. The Bertz CT molecular complexity index is 1060. The topological polar surface area (TPSA) is 102 Å². The maximum atomic E-state index is 13.5. The normalized spacial score (nSPS) is 12.7. The summed E-state index contributed by atoms with van der Waals surface area (Å²) in [5, 5.41) is 16.0. The van der Waals surface area contributed by atoms with E-state index in [-0.39, 0.29) is 28.3 Å². The van der Waals surface area contributed by atoms with E-state index in [1.807, 2.05) is 40.3 Å². The van der Waals surface area contributed by atoms with Gasteiger partial charge in [-0.15, -0.1) is 0 Å². The zero-order valence-electron chi connectivity index (χ0n) is 19.7. The molecular weight excluding hydrogens is 420 g/mol. The first-order valence-corrected chi connectivity index (χ1v) is 11.1. The van der Waals surface area contributed by atoms with Crippen molar-refractivity contribution in [1.82, 2.24) is 9.80 Å². The molecule has 0 bridgehead atoms. The fraction of sp³-hybridized carbons (Fsp3) is 0.400. The number of hydrogen-bond acceptors (Lipinski definition) is 7. The number of carbonyl (C=O) groups is 3. The first-order valence-electron chi connectivity index (χ1n) is 11.1. The van der Waals surface area contributed by atoms with Crippen molar-refractivity contribution in [3.05, 3.63) is 58.1 Å². The Kier molecular flexibility index (Phi) is 7.84. The number of carbonyl (C=O) groups excluding carboxylic acids is 2. The van der Waals surface area contributed by atoms with E-state index in [1.54, 1.807) is 0 Å². The number of nitrogens with one attached hydrogen (secondary N) is 2. The predicted molar refractivity (Wildman–Crippen MR) is 130 cm³/mol. The third kappa shape index (κ3) is 5.58. The van der Waals surface area contributed by atoms with Crippen molar-refractivity contribution >= 4 is 28.9 Å². The van der Waals surface area contributed by atoms with E-state index in [1.165, 1.54) is 18.2 Å². The number of nitrogens with zero attached hydrogens (tertiary/aromatic N) is 2. The van der Waals surface area contributed by atoms with Crippen molar-refractivity contribution in [1.29, 1.82) is 0 Å². The van der Waals surface area contributed by atoms with Crippen LogP contribution < -0.4 is 10.6 Å². The lowest BCUT2D eigenvalue weighted by molar-refractivity contribution is 0.0696. The van der Waals surface area contributed by atoms with E-state index in [2.05, 4.69) is 20.4 Å². The van der Waals surface area contributed by atoms with Gasteiger partial charge in [-0.25, -0.2) is 4.79 Å².